The smallest absolute Gasteiger partial charge is 0.267 e. The third-order valence-corrected chi connectivity index (χ3v) is 5.47. The molecule has 0 saturated heterocycles. The summed E-state index contributed by atoms with van der Waals surface area (Å²) in [6.45, 7) is 0. The van der Waals surface area contributed by atoms with Gasteiger partial charge in [0.1, 0.15) is 0 Å². The maximum Gasteiger partial charge on any atom is 0.416 e. The lowest BCUT2D eigenvalue weighted by Crippen LogP contribution is -2.22. The predicted octanol–water partition coefficient (Wildman–Crippen LogP) is 7.03. The molecule has 4 rings (SSSR count). The van der Waals surface area contributed by atoms with Crippen LogP contribution in [0, 0.1) is 0 Å². The monoisotopic (exact) mass is 468 g/mol. The number of nitrogens with zero attached hydrogens (tertiary/aromatic N) is 2. The Labute approximate surface area is 183 Å². The van der Waals surface area contributed by atoms with Crippen molar-refractivity contribution in [3.05, 3.63) is 91.6 Å². The van der Waals surface area contributed by atoms with Crippen LogP contribution in [0.3, 0.4) is 0 Å². The SMILES string of the molecule is O=c1c2cc(Cl)c(Cl)cc2c(-c2ccc(Cl)cc2)nn1-c1ccc(C(F)(F)F)cc1. The predicted molar refractivity (Wildman–Crippen MR) is 113 cm³/mol. The Morgan fingerprint density at radius 2 is 1.37 bits per heavy atom. The summed E-state index contributed by atoms with van der Waals surface area (Å²) in [5.74, 6) is 0. The number of halogens is 6. The van der Waals surface area contributed by atoms with Crippen LogP contribution in [0.15, 0.2) is 65.5 Å². The third-order valence-electron chi connectivity index (χ3n) is 4.50. The fraction of sp³-hybridized carbons (Fsp3) is 0.0476. The molecule has 3 aromatic carbocycles. The maximum atomic E-state index is 13.1. The van der Waals surface area contributed by atoms with Crippen molar-refractivity contribution in [1.29, 1.82) is 0 Å². The summed E-state index contributed by atoms with van der Waals surface area (Å²) in [6, 6.07) is 13.9. The molecule has 9 heteroatoms. The first-order chi connectivity index (χ1) is 14.1. The van der Waals surface area contributed by atoms with Crippen molar-refractivity contribution in [2.24, 2.45) is 0 Å². The van der Waals surface area contributed by atoms with E-state index in [-0.39, 0.29) is 21.1 Å². The first-order valence-electron chi connectivity index (χ1n) is 8.51. The highest BCUT2D eigenvalue weighted by Gasteiger charge is 2.30. The molecule has 0 aliphatic heterocycles. The van der Waals surface area contributed by atoms with E-state index in [4.69, 9.17) is 34.8 Å². The average molecular weight is 470 g/mol. The molecule has 3 nitrogen and oxygen atoms in total. The molecule has 0 amide bonds. The van der Waals surface area contributed by atoms with Crippen LogP contribution >= 0.6 is 34.8 Å². The van der Waals surface area contributed by atoms with Crippen LogP contribution in [0.5, 0.6) is 0 Å². The lowest BCUT2D eigenvalue weighted by atomic mass is 10.0. The van der Waals surface area contributed by atoms with Gasteiger partial charge in [0.2, 0.25) is 0 Å². The topological polar surface area (TPSA) is 34.9 Å². The number of benzene rings is 3. The van der Waals surface area contributed by atoms with E-state index in [1.807, 2.05) is 0 Å². The largest absolute Gasteiger partial charge is 0.416 e. The molecular weight excluding hydrogens is 460 g/mol. The first kappa shape index (κ1) is 20.7. The van der Waals surface area contributed by atoms with Gasteiger partial charge in [0, 0.05) is 16.0 Å². The molecule has 0 N–H and O–H groups in total. The third kappa shape index (κ3) is 3.78. The molecule has 30 heavy (non-hydrogen) atoms. The Morgan fingerprint density at radius 1 is 0.800 bits per heavy atom. The minimum absolute atomic E-state index is 0.175. The van der Waals surface area contributed by atoms with Crippen LogP contribution in [0.4, 0.5) is 13.2 Å². The normalized spacial score (nSPS) is 11.8. The number of alkyl halides is 3. The molecule has 4 aromatic rings. The summed E-state index contributed by atoms with van der Waals surface area (Å²) in [6.07, 6.45) is -4.49. The van der Waals surface area contributed by atoms with E-state index in [1.54, 1.807) is 24.3 Å². The zero-order chi connectivity index (χ0) is 21.6. The highest BCUT2D eigenvalue weighted by molar-refractivity contribution is 6.43. The van der Waals surface area contributed by atoms with E-state index >= 15 is 0 Å². The van der Waals surface area contributed by atoms with Crippen molar-refractivity contribution < 1.29 is 13.2 Å². The van der Waals surface area contributed by atoms with Gasteiger partial charge in [0.05, 0.1) is 32.4 Å². The summed E-state index contributed by atoms with van der Waals surface area (Å²) in [5, 5.41) is 6.03. The molecule has 0 radical (unpaired) electrons. The second kappa shape index (κ2) is 7.61. The van der Waals surface area contributed by atoms with Gasteiger partial charge in [-0.1, -0.05) is 46.9 Å². The number of hydrogen-bond acceptors (Lipinski definition) is 2. The molecule has 0 spiro atoms. The van der Waals surface area contributed by atoms with Crippen LogP contribution in [0.25, 0.3) is 27.7 Å². The van der Waals surface area contributed by atoms with Crippen molar-refractivity contribution in [2.45, 2.75) is 6.18 Å². The Hall–Kier alpha value is -2.54. The van der Waals surface area contributed by atoms with Crippen molar-refractivity contribution in [3.63, 3.8) is 0 Å². The van der Waals surface area contributed by atoms with E-state index in [0.29, 0.717) is 21.7 Å². The summed E-state index contributed by atoms with van der Waals surface area (Å²) < 4.78 is 39.7. The summed E-state index contributed by atoms with van der Waals surface area (Å²) in [4.78, 5) is 13.1. The summed E-state index contributed by atoms with van der Waals surface area (Å²) in [5.41, 5.74) is -0.145. The van der Waals surface area contributed by atoms with E-state index in [0.717, 1.165) is 16.8 Å². The molecule has 1 aromatic heterocycles. The molecule has 0 saturated carbocycles. The van der Waals surface area contributed by atoms with E-state index in [2.05, 4.69) is 5.10 Å². The van der Waals surface area contributed by atoms with Crippen LogP contribution in [-0.4, -0.2) is 9.78 Å². The van der Waals surface area contributed by atoms with Gasteiger partial charge in [-0.05, 0) is 48.5 Å². The molecule has 0 aliphatic carbocycles. The van der Waals surface area contributed by atoms with Gasteiger partial charge in [-0.25, -0.2) is 0 Å². The van der Waals surface area contributed by atoms with Gasteiger partial charge in [-0.3, -0.25) is 4.79 Å². The second-order valence-corrected chi connectivity index (χ2v) is 7.68. The fourth-order valence-corrected chi connectivity index (χ4v) is 3.47. The van der Waals surface area contributed by atoms with Crippen molar-refractivity contribution in [1.82, 2.24) is 9.78 Å². The second-order valence-electron chi connectivity index (χ2n) is 6.43. The zero-order valence-corrected chi connectivity index (χ0v) is 17.1. The molecule has 0 unspecified atom stereocenters. The van der Waals surface area contributed by atoms with Gasteiger partial charge in [0.25, 0.3) is 5.56 Å². The van der Waals surface area contributed by atoms with Gasteiger partial charge in [-0.2, -0.15) is 23.0 Å². The standard InChI is InChI=1S/C21H10Cl3F3N2O/c22-13-5-1-11(2-6-13)19-15-9-17(23)18(24)10-16(15)20(30)29(28-19)14-7-3-12(4-8-14)21(25,26)27/h1-10H. The number of rotatable bonds is 2. The van der Waals surface area contributed by atoms with Crippen LogP contribution in [-0.2, 0) is 6.18 Å². The number of fused-ring (bicyclic) bond motifs is 1. The van der Waals surface area contributed by atoms with Crippen LogP contribution < -0.4 is 5.56 Å². The van der Waals surface area contributed by atoms with E-state index in [1.165, 1.54) is 24.3 Å². The van der Waals surface area contributed by atoms with E-state index in [9.17, 15) is 18.0 Å². The lowest BCUT2D eigenvalue weighted by molar-refractivity contribution is -0.137. The average Bonchev–Trinajstić information content (AvgIpc) is 2.70. The summed E-state index contributed by atoms with van der Waals surface area (Å²) >= 11 is 18.2. The van der Waals surface area contributed by atoms with Crippen molar-refractivity contribution >= 4 is 45.6 Å². The number of aromatic nitrogens is 2. The van der Waals surface area contributed by atoms with Crippen molar-refractivity contribution in [3.8, 4) is 16.9 Å². The lowest BCUT2D eigenvalue weighted by Gasteiger charge is -2.13. The molecule has 152 valence electrons. The molecule has 0 bridgehead atoms. The quantitative estimate of drug-likeness (QED) is 0.316. The Morgan fingerprint density at radius 3 is 1.93 bits per heavy atom. The highest BCUT2D eigenvalue weighted by atomic mass is 35.5. The highest BCUT2D eigenvalue weighted by Crippen LogP contribution is 2.33. The van der Waals surface area contributed by atoms with Gasteiger partial charge in [0.15, 0.2) is 0 Å². The van der Waals surface area contributed by atoms with Gasteiger partial charge >= 0.3 is 6.18 Å². The Bertz CT molecular complexity index is 1320. The Balaban J connectivity index is 2.01. The molecular formula is C21H10Cl3F3N2O. The van der Waals surface area contributed by atoms with Crippen molar-refractivity contribution in [2.75, 3.05) is 0 Å². The minimum Gasteiger partial charge on any atom is -0.267 e. The molecule has 1 heterocycles. The number of hydrogen-bond donors (Lipinski definition) is 0. The molecule has 0 atom stereocenters. The first-order valence-corrected chi connectivity index (χ1v) is 9.64. The summed E-state index contributed by atoms with van der Waals surface area (Å²) in [7, 11) is 0. The van der Waals surface area contributed by atoms with E-state index < -0.39 is 17.3 Å². The minimum atomic E-state index is -4.49. The zero-order valence-electron chi connectivity index (χ0n) is 14.8. The Kier molecular flexibility index (Phi) is 5.26. The maximum absolute atomic E-state index is 13.1. The fourth-order valence-electron chi connectivity index (χ4n) is 3.02. The van der Waals surface area contributed by atoms with Gasteiger partial charge in [-0.15, -0.1) is 0 Å². The van der Waals surface area contributed by atoms with Crippen LogP contribution in [0.2, 0.25) is 15.1 Å². The van der Waals surface area contributed by atoms with Gasteiger partial charge < -0.3 is 0 Å². The molecule has 0 aliphatic rings. The molecule has 0 fully saturated rings. The van der Waals surface area contributed by atoms with Crippen LogP contribution in [0.1, 0.15) is 5.56 Å².